The summed E-state index contributed by atoms with van der Waals surface area (Å²) in [7, 11) is 0. The molecule has 2 fully saturated rings. The quantitative estimate of drug-likeness (QED) is 0.823. The maximum Gasteiger partial charge on any atom is 0.00952 e. The van der Waals surface area contributed by atoms with Crippen molar-refractivity contribution in [3.05, 3.63) is 0 Å². The predicted molar refractivity (Wildman–Crippen MR) is 87.8 cm³/mol. The van der Waals surface area contributed by atoms with Gasteiger partial charge in [0.25, 0.3) is 0 Å². The molecule has 0 bridgehead atoms. The van der Waals surface area contributed by atoms with Gasteiger partial charge in [-0.25, -0.2) is 0 Å². The van der Waals surface area contributed by atoms with Crippen LogP contribution in [0.15, 0.2) is 0 Å². The highest BCUT2D eigenvalue weighted by Crippen LogP contribution is 2.34. The van der Waals surface area contributed by atoms with Crippen LogP contribution < -0.4 is 5.73 Å². The van der Waals surface area contributed by atoms with Crippen LogP contribution in [-0.4, -0.2) is 30.1 Å². The van der Waals surface area contributed by atoms with Gasteiger partial charge in [0.1, 0.15) is 0 Å². The molecule has 3 unspecified atom stereocenters. The highest BCUT2D eigenvalue weighted by atomic mass is 15.2. The molecule has 0 heterocycles. The fourth-order valence-electron chi connectivity index (χ4n) is 4.42. The average Bonchev–Trinajstić information content (AvgIpc) is 2.47. The Morgan fingerprint density at radius 1 is 1.05 bits per heavy atom. The van der Waals surface area contributed by atoms with Crippen LogP contribution in [0.1, 0.15) is 72.1 Å². The molecule has 0 aromatic heterocycles. The van der Waals surface area contributed by atoms with Crippen LogP contribution in [-0.2, 0) is 0 Å². The van der Waals surface area contributed by atoms with Gasteiger partial charge in [-0.1, -0.05) is 40.0 Å². The van der Waals surface area contributed by atoms with Crippen molar-refractivity contribution in [2.24, 2.45) is 23.5 Å². The van der Waals surface area contributed by atoms with Crippen molar-refractivity contribution in [2.45, 2.75) is 84.2 Å². The van der Waals surface area contributed by atoms with Crippen molar-refractivity contribution in [3.63, 3.8) is 0 Å². The van der Waals surface area contributed by atoms with Gasteiger partial charge in [-0.3, -0.25) is 0 Å². The van der Waals surface area contributed by atoms with E-state index < -0.39 is 0 Å². The Balaban J connectivity index is 1.90. The standard InChI is InChI=1S/C18H36N2/c1-4-20(17-8-6-5-7-9-17)13-16-12-15(14(2)3)10-11-18(16)19/h14-18H,4-13,19H2,1-3H3. The van der Waals surface area contributed by atoms with Gasteiger partial charge >= 0.3 is 0 Å². The molecule has 0 aromatic carbocycles. The number of hydrogen-bond acceptors (Lipinski definition) is 2. The zero-order valence-electron chi connectivity index (χ0n) is 14.0. The summed E-state index contributed by atoms with van der Waals surface area (Å²) in [5.41, 5.74) is 6.45. The molecular weight excluding hydrogens is 244 g/mol. The Hall–Kier alpha value is -0.0800. The molecule has 2 rings (SSSR count). The van der Waals surface area contributed by atoms with Crippen LogP contribution in [0.5, 0.6) is 0 Å². The predicted octanol–water partition coefficient (Wildman–Crippen LogP) is 4.04. The lowest BCUT2D eigenvalue weighted by Crippen LogP contribution is -2.47. The zero-order chi connectivity index (χ0) is 14.5. The highest BCUT2D eigenvalue weighted by molar-refractivity contribution is 4.87. The minimum absolute atomic E-state index is 0.447. The molecule has 0 spiro atoms. The molecule has 0 aliphatic heterocycles. The Kier molecular flexibility index (Phi) is 6.35. The fourth-order valence-corrected chi connectivity index (χ4v) is 4.42. The van der Waals surface area contributed by atoms with E-state index >= 15 is 0 Å². The van der Waals surface area contributed by atoms with Crippen LogP contribution in [0, 0.1) is 17.8 Å². The third kappa shape index (κ3) is 4.21. The monoisotopic (exact) mass is 280 g/mol. The van der Waals surface area contributed by atoms with Crippen LogP contribution in [0.2, 0.25) is 0 Å². The van der Waals surface area contributed by atoms with Gasteiger partial charge in [0.15, 0.2) is 0 Å². The maximum atomic E-state index is 6.45. The van der Waals surface area contributed by atoms with E-state index in [2.05, 4.69) is 25.7 Å². The van der Waals surface area contributed by atoms with Crippen LogP contribution in [0.3, 0.4) is 0 Å². The first-order chi connectivity index (χ1) is 9.61. The average molecular weight is 280 g/mol. The largest absolute Gasteiger partial charge is 0.327 e. The van der Waals surface area contributed by atoms with Crippen LogP contribution in [0.4, 0.5) is 0 Å². The Bertz CT molecular complexity index is 271. The second-order valence-corrected chi connectivity index (χ2v) is 7.62. The van der Waals surface area contributed by atoms with E-state index in [1.165, 1.54) is 64.5 Å². The van der Waals surface area contributed by atoms with E-state index in [9.17, 15) is 0 Å². The number of nitrogens with zero attached hydrogens (tertiary/aromatic N) is 1. The van der Waals surface area contributed by atoms with E-state index in [1.54, 1.807) is 0 Å². The summed E-state index contributed by atoms with van der Waals surface area (Å²) in [5, 5.41) is 0. The summed E-state index contributed by atoms with van der Waals surface area (Å²) in [4.78, 5) is 2.76. The number of rotatable bonds is 5. The summed E-state index contributed by atoms with van der Waals surface area (Å²) in [5.74, 6) is 2.47. The molecule has 0 amide bonds. The summed E-state index contributed by atoms with van der Waals surface area (Å²) in [6.45, 7) is 9.57. The fraction of sp³-hybridized carbons (Fsp3) is 1.00. The number of hydrogen-bond donors (Lipinski definition) is 1. The zero-order valence-corrected chi connectivity index (χ0v) is 14.0. The first-order valence-corrected chi connectivity index (χ1v) is 9.11. The van der Waals surface area contributed by atoms with Gasteiger partial charge in [0.2, 0.25) is 0 Å². The second-order valence-electron chi connectivity index (χ2n) is 7.62. The molecule has 3 atom stereocenters. The molecule has 0 aromatic rings. The van der Waals surface area contributed by atoms with Crippen molar-refractivity contribution < 1.29 is 0 Å². The minimum atomic E-state index is 0.447. The van der Waals surface area contributed by atoms with E-state index in [1.807, 2.05) is 0 Å². The Morgan fingerprint density at radius 3 is 2.35 bits per heavy atom. The lowest BCUT2D eigenvalue weighted by Gasteiger charge is -2.41. The van der Waals surface area contributed by atoms with Gasteiger partial charge in [-0.05, 0) is 56.4 Å². The lowest BCUT2D eigenvalue weighted by atomic mass is 9.73. The first-order valence-electron chi connectivity index (χ1n) is 9.11. The van der Waals surface area contributed by atoms with Gasteiger partial charge in [-0.15, -0.1) is 0 Å². The molecule has 2 aliphatic rings. The van der Waals surface area contributed by atoms with E-state index in [4.69, 9.17) is 5.73 Å². The Morgan fingerprint density at radius 2 is 1.75 bits per heavy atom. The molecule has 2 nitrogen and oxygen atoms in total. The minimum Gasteiger partial charge on any atom is -0.327 e. The van der Waals surface area contributed by atoms with Crippen molar-refractivity contribution in [1.82, 2.24) is 4.90 Å². The molecular formula is C18H36N2. The van der Waals surface area contributed by atoms with Crippen LogP contribution in [0.25, 0.3) is 0 Å². The van der Waals surface area contributed by atoms with Crippen molar-refractivity contribution in [3.8, 4) is 0 Å². The summed E-state index contributed by atoms with van der Waals surface area (Å²) >= 11 is 0. The molecule has 2 N–H and O–H groups in total. The molecule has 0 saturated heterocycles. The van der Waals surface area contributed by atoms with E-state index in [0.29, 0.717) is 6.04 Å². The molecule has 118 valence electrons. The van der Waals surface area contributed by atoms with Gasteiger partial charge in [0.05, 0.1) is 0 Å². The third-order valence-electron chi connectivity index (χ3n) is 5.99. The van der Waals surface area contributed by atoms with Crippen molar-refractivity contribution >= 4 is 0 Å². The first kappa shape index (κ1) is 16.3. The highest BCUT2D eigenvalue weighted by Gasteiger charge is 2.32. The maximum absolute atomic E-state index is 6.45. The topological polar surface area (TPSA) is 29.3 Å². The second kappa shape index (κ2) is 7.79. The van der Waals surface area contributed by atoms with Gasteiger partial charge in [-0.2, -0.15) is 0 Å². The van der Waals surface area contributed by atoms with E-state index in [0.717, 1.165) is 23.8 Å². The smallest absolute Gasteiger partial charge is 0.00952 e. The molecule has 20 heavy (non-hydrogen) atoms. The summed E-state index contributed by atoms with van der Waals surface area (Å²) in [6, 6.07) is 1.29. The molecule has 2 heteroatoms. The van der Waals surface area contributed by atoms with Crippen molar-refractivity contribution in [1.29, 1.82) is 0 Å². The summed E-state index contributed by atoms with van der Waals surface area (Å²) < 4.78 is 0. The van der Waals surface area contributed by atoms with Gasteiger partial charge < -0.3 is 10.6 Å². The molecule has 2 aliphatic carbocycles. The number of nitrogens with two attached hydrogens (primary N) is 1. The molecule has 0 radical (unpaired) electrons. The Labute approximate surface area is 126 Å². The third-order valence-corrected chi connectivity index (χ3v) is 5.99. The molecule has 2 saturated carbocycles. The van der Waals surface area contributed by atoms with Gasteiger partial charge in [0, 0.05) is 18.6 Å². The normalized spacial score (nSPS) is 33.0. The van der Waals surface area contributed by atoms with Crippen molar-refractivity contribution in [2.75, 3.05) is 13.1 Å². The lowest BCUT2D eigenvalue weighted by molar-refractivity contribution is 0.0968. The summed E-state index contributed by atoms with van der Waals surface area (Å²) in [6.07, 6.45) is 11.1. The SMILES string of the molecule is CCN(CC1CC(C(C)C)CCC1N)C1CCCCC1. The van der Waals surface area contributed by atoms with E-state index in [-0.39, 0.29) is 0 Å². The van der Waals surface area contributed by atoms with Crippen LogP contribution >= 0.6 is 0 Å².